The third-order valence-electron chi connectivity index (χ3n) is 5.35. The molecule has 9 heteroatoms. The lowest BCUT2D eigenvalue weighted by molar-refractivity contribution is -0.384. The van der Waals surface area contributed by atoms with E-state index in [4.69, 9.17) is 4.74 Å². The van der Waals surface area contributed by atoms with Gasteiger partial charge >= 0.3 is 0 Å². The molecule has 1 saturated heterocycles. The summed E-state index contributed by atoms with van der Waals surface area (Å²) in [7, 11) is 3.69. The number of carbonyl (C=O) groups is 2. The lowest BCUT2D eigenvalue weighted by Gasteiger charge is -2.26. The number of carbonyl (C=O) groups excluding carboxylic acids is 2. The van der Waals surface area contributed by atoms with Crippen LogP contribution in [0.15, 0.2) is 54.1 Å². The van der Waals surface area contributed by atoms with E-state index in [-0.39, 0.29) is 23.6 Å². The number of ether oxygens (including phenoxy) is 1. The maximum atomic E-state index is 13.0. The van der Waals surface area contributed by atoms with Crippen LogP contribution >= 0.6 is 0 Å². The highest BCUT2D eigenvalue weighted by Crippen LogP contribution is 2.39. The SMILES string of the molecule is CCCOc1ccc(/C(O)=C2\C(=O)C(=O)N(CCN(C)C)[C@@H]2c2ccc([N+](=O)[O-])cc2)cc1. The summed E-state index contributed by atoms with van der Waals surface area (Å²) in [4.78, 5) is 39.7. The zero-order valence-electron chi connectivity index (χ0n) is 18.9. The number of rotatable bonds is 9. The normalized spacial score (nSPS) is 17.6. The Morgan fingerprint density at radius 1 is 1.12 bits per heavy atom. The number of hydrogen-bond donors (Lipinski definition) is 1. The van der Waals surface area contributed by atoms with Gasteiger partial charge in [0.1, 0.15) is 11.5 Å². The molecule has 33 heavy (non-hydrogen) atoms. The fraction of sp³-hybridized carbons (Fsp3) is 0.333. The predicted octanol–water partition coefficient (Wildman–Crippen LogP) is 3.37. The molecule has 0 radical (unpaired) electrons. The summed E-state index contributed by atoms with van der Waals surface area (Å²) < 4.78 is 5.56. The summed E-state index contributed by atoms with van der Waals surface area (Å²) in [6.45, 7) is 3.30. The molecule has 1 aliphatic heterocycles. The third kappa shape index (κ3) is 5.20. The van der Waals surface area contributed by atoms with Crippen LogP contribution in [0.5, 0.6) is 5.75 Å². The van der Waals surface area contributed by atoms with E-state index < -0.39 is 22.7 Å². The number of aliphatic hydroxyl groups excluding tert-OH is 1. The van der Waals surface area contributed by atoms with Crippen LogP contribution in [0, 0.1) is 10.1 Å². The van der Waals surface area contributed by atoms with Gasteiger partial charge in [-0.15, -0.1) is 0 Å². The average molecular weight is 453 g/mol. The van der Waals surface area contributed by atoms with Crippen molar-refractivity contribution in [3.8, 4) is 5.75 Å². The van der Waals surface area contributed by atoms with E-state index in [1.807, 2.05) is 25.9 Å². The molecule has 1 atom stereocenters. The van der Waals surface area contributed by atoms with Gasteiger partial charge < -0.3 is 19.6 Å². The zero-order chi connectivity index (χ0) is 24.1. The minimum Gasteiger partial charge on any atom is -0.507 e. The minimum absolute atomic E-state index is 0.0464. The standard InChI is InChI=1S/C24H27N3O6/c1-4-15-33-19-11-7-17(8-12-19)22(28)20-21(16-5-9-18(10-6-16)27(31)32)26(14-13-25(2)3)24(30)23(20)29/h5-12,21,28H,4,13-15H2,1-3H3/b22-20+/t21-/m1/s1. The summed E-state index contributed by atoms with van der Waals surface area (Å²) in [5.74, 6) is -1.18. The van der Waals surface area contributed by atoms with Crippen molar-refractivity contribution in [2.45, 2.75) is 19.4 Å². The van der Waals surface area contributed by atoms with Crippen LogP contribution < -0.4 is 4.74 Å². The first-order valence-electron chi connectivity index (χ1n) is 10.6. The summed E-state index contributed by atoms with van der Waals surface area (Å²) in [5.41, 5.74) is 0.723. The summed E-state index contributed by atoms with van der Waals surface area (Å²) in [6.07, 6.45) is 0.855. The highest BCUT2D eigenvalue weighted by atomic mass is 16.6. The molecule has 1 amide bonds. The maximum absolute atomic E-state index is 13.0. The van der Waals surface area contributed by atoms with E-state index in [2.05, 4.69) is 0 Å². The van der Waals surface area contributed by atoms with Crippen molar-refractivity contribution in [2.24, 2.45) is 0 Å². The molecule has 0 spiro atoms. The quantitative estimate of drug-likeness (QED) is 0.204. The summed E-state index contributed by atoms with van der Waals surface area (Å²) in [6, 6.07) is 11.4. The molecule has 0 aromatic heterocycles. The zero-order valence-corrected chi connectivity index (χ0v) is 18.9. The van der Waals surface area contributed by atoms with Crippen LogP contribution in [0.3, 0.4) is 0 Å². The van der Waals surface area contributed by atoms with Crippen molar-refractivity contribution in [3.63, 3.8) is 0 Å². The van der Waals surface area contributed by atoms with E-state index in [9.17, 15) is 24.8 Å². The Morgan fingerprint density at radius 3 is 2.30 bits per heavy atom. The fourth-order valence-corrected chi connectivity index (χ4v) is 3.63. The van der Waals surface area contributed by atoms with Gasteiger partial charge in [-0.05, 0) is 62.5 Å². The Labute approximate surface area is 192 Å². The van der Waals surface area contributed by atoms with E-state index in [1.165, 1.54) is 29.2 Å². The second-order valence-electron chi connectivity index (χ2n) is 8.02. The second kappa shape index (κ2) is 10.3. The van der Waals surface area contributed by atoms with E-state index >= 15 is 0 Å². The first-order chi connectivity index (χ1) is 15.7. The Kier molecular flexibility index (Phi) is 7.44. The Morgan fingerprint density at radius 2 is 1.76 bits per heavy atom. The molecule has 0 saturated carbocycles. The first-order valence-corrected chi connectivity index (χ1v) is 10.6. The predicted molar refractivity (Wildman–Crippen MR) is 123 cm³/mol. The highest BCUT2D eigenvalue weighted by Gasteiger charge is 2.46. The van der Waals surface area contributed by atoms with Gasteiger partial charge in [-0.1, -0.05) is 6.92 Å². The summed E-state index contributed by atoms with van der Waals surface area (Å²) in [5, 5.41) is 22.1. The molecule has 0 bridgehead atoms. The number of amides is 1. The van der Waals surface area contributed by atoms with Crippen LogP contribution in [0.1, 0.15) is 30.5 Å². The molecule has 1 fully saturated rings. The molecule has 1 N–H and O–H groups in total. The van der Waals surface area contributed by atoms with Crippen LogP contribution in [-0.2, 0) is 9.59 Å². The van der Waals surface area contributed by atoms with Crippen LogP contribution in [0.4, 0.5) is 5.69 Å². The van der Waals surface area contributed by atoms with Crippen molar-refractivity contribution in [2.75, 3.05) is 33.8 Å². The number of non-ortho nitro benzene ring substituents is 1. The van der Waals surface area contributed by atoms with Gasteiger partial charge in [0.05, 0.1) is 23.1 Å². The van der Waals surface area contributed by atoms with Gasteiger partial charge in [-0.2, -0.15) is 0 Å². The van der Waals surface area contributed by atoms with Crippen LogP contribution in [0.2, 0.25) is 0 Å². The number of aliphatic hydroxyl groups is 1. The third-order valence-corrected chi connectivity index (χ3v) is 5.35. The van der Waals surface area contributed by atoms with Crippen molar-refractivity contribution >= 4 is 23.1 Å². The molecule has 1 heterocycles. The van der Waals surface area contributed by atoms with Crippen LogP contribution in [-0.4, -0.2) is 65.3 Å². The largest absolute Gasteiger partial charge is 0.507 e. The number of Topliss-reactive ketones (excluding diaryl/α,β-unsaturated/α-hetero) is 1. The Balaban J connectivity index is 2.06. The van der Waals surface area contributed by atoms with E-state index in [0.29, 0.717) is 30.0 Å². The lowest BCUT2D eigenvalue weighted by atomic mass is 9.95. The van der Waals surface area contributed by atoms with Crippen molar-refractivity contribution in [3.05, 3.63) is 75.3 Å². The van der Waals surface area contributed by atoms with Gasteiger partial charge in [-0.3, -0.25) is 19.7 Å². The van der Waals surface area contributed by atoms with Crippen molar-refractivity contribution in [1.29, 1.82) is 0 Å². The Hall–Kier alpha value is -3.72. The number of hydrogen-bond acceptors (Lipinski definition) is 7. The summed E-state index contributed by atoms with van der Waals surface area (Å²) >= 11 is 0. The van der Waals surface area contributed by atoms with Gasteiger partial charge in [0, 0.05) is 30.8 Å². The second-order valence-corrected chi connectivity index (χ2v) is 8.02. The number of benzene rings is 2. The molecular formula is C24H27N3O6. The van der Waals surface area contributed by atoms with Gasteiger partial charge in [-0.25, -0.2) is 0 Å². The van der Waals surface area contributed by atoms with Gasteiger partial charge in [0.25, 0.3) is 17.4 Å². The molecule has 0 unspecified atom stereocenters. The number of likely N-dealkylation sites (N-methyl/N-ethyl adjacent to an activating group) is 1. The molecular weight excluding hydrogens is 426 g/mol. The van der Waals surface area contributed by atoms with E-state index in [0.717, 1.165) is 6.42 Å². The Bertz CT molecular complexity index is 1060. The number of ketones is 1. The average Bonchev–Trinajstić information content (AvgIpc) is 3.06. The first kappa shape index (κ1) is 23.9. The van der Waals surface area contributed by atoms with Crippen LogP contribution in [0.25, 0.3) is 5.76 Å². The molecule has 2 aromatic carbocycles. The molecule has 3 rings (SSSR count). The highest BCUT2D eigenvalue weighted by molar-refractivity contribution is 6.46. The van der Waals surface area contributed by atoms with Gasteiger partial charge in [0.15, 0.2) is 0 Å². The molecule has 0 aliphatic carbocycles. The number of nitro groups is 1. The molecule has 2 aromatic rings. The van der Waals surface area contributed by atoms with Crippen molar-refractivity contribution < 1.29 is 24.4 Å². The smallest absolute Gasteiger partial charge is 0.295 e. The molecule has 9 nitrogen and oxygen atoms in total. The fourth-order valence-electron chi connectivity index (χ4n) is 3.63. The van der Waals surface area contributed by atoms with Crippen molar-refractivity contribution in [1.82, 2.24) is 9.80 Å². The minimum atomic E-state index is -0.859. The topological polar surface area (TPSA) is 113 Å². The monoisotopic (exact) mass is 453 g/mol. The number of likely N-dealkylation sites (tertiary alicyclic amines) is 1. The molecule has 1 aliphatic rings. The van der Waals surface area contributed by atoms with E-state index in [1.54, 1.807) is 24.3 Å². The van der Waals surface area contributed by atoms with Gasteiger partial charge in [0.2, 0.25) is 0 Å². The lowest BCUT2D eigenvalue weighted by Crippen LogP contribution is -2.35. The number of nitrogens with zero attached hydrogens (tertiary/aromatic N) is 3. The maximum Gasteiger partial charge on any atom is 0.295 e. The molecule has 174 valence electrons. The number of nitro benzene ring substituents is 1.